The molecule has 0 bridgehead atoms. The molecule has 0 radical (unpaired) electrons. The Morgan fingerprint density at radius 3 is 2.32 bits per heavy atom. The van der Waals surface area contributed by atoms with Crippen LogP contribution in [0.5, 0.6) is 5.75 Å². The van der Waals surface area contributed by atoms with Gasteiger partial charge in [0.1, 0.15) is 17.4 Å². The van der Waals surface area contributed by atoms with E-state index in [1.807, 2.05) is 6.07 Å². The predicted octanol–water partition coefficient (Wildman–Crippen LogP) is 8.30. The Bertz CT molecular complexity index is 919. The van der Waals surface area contributed by atoms with Crippen molar-refractivity contribution in [3.8, 4) is 16.9 Å². The molecule has 2 aliphatic rings. The van der Waals surface area contributed by atoms with E-state index in [0.29, 0.717) is 17.2 Å². The third-order valence-corrected chi connectivity index (χ3v) is 7.63. The molecular formula is C28H34F2O. The number of hydrogen-bond donors (Lipinski definition) is 0. The fourth-order valence-corrected chi connectivity index (χ4v) is 5.89. The maximum Gasteiger partial charge on any atom is 0.134 e. The highest BCUT2D eigenvalue weighted by Gasteiger charge is 2.35. The molecule has 2 saturated carbocycles. The summed E-state index contributed by atoms with van der Waals surface area (Å²) >= 11 is 0. The molecule has 0 aromatic heterocycles. The zero-order valence-corrected chi connectivity index (χ0v) is 18.7. The lowest BCUT2D eigenvalue weighted by atomic mass is 9.63. The van der Waals surface area contributed by atoms with E-state index >= 15 is 0 Å². The monoisotopic (exact) mass is 424 g/mol. The second kappa shape index (κ2) is 9.97. The maximum absolute atomic E-state index is 15.0. The first-order valence-corrected chi connectivity index (χ1v) is 11.8. The lowest BCUT2D eigenvalue weighted by Gasteiger charge is -2.42. The van der Waals surface area contributed by atoms with Crippen LogP contribution in [0.2, 0.25) is 0 Å². The van der Waals surface area contributed by atoms with Crippen LogP contribution in [-0.2, 0) is 0 Å². The number of halogens is 2. The smallest absolute Gasteiger partial charge is 0.134 e. The second-order valence-electron chi connectivity index (χ2n) is 9.44. The van der Waals surface area contributed by atoms with Gasteiger partial charge >= 0.3 is 0 Å². The molecule has 0 amide bonds. The largest absolute Gasteiger partial charge is 0.497 e. The van der Waals surface area contributed by atoms with E-state index in [1.165, 1.54) is 58.1 Å². The highest BCUT2D eigenvalue weighted by atomic mass is 19.1. The van der Waals surface area contributed by atoms with Crippen LogP contribution in [0.1, 0.15) is 69.8 Å². The van der Waals surface area contributed by atoms with Crippen molar-refractivity contribution < 1.29 is 13.5 Å². The zero-order chi connectivity index (χ0) is 21.8. The molecule has 0 N–H and O–H groups in total. The Morgan fingerprint density at radius 2 is 1.61 bits per heavy atom. The summed E-state index contributed by atoms with van der Waals surface area (Å²) in [4.78, 5) is 0. The molecule has 2 aliphatic carbocycles. The topological polar surface area (TPSA) is 9.23 Å². The Morgan fingerprint density at radius 1 is 0.903 bits per heavy atom. The van der Waals surface area contributed by atoms with Crippen LogP contribution in [0.3, 0.4) is 0 Å². The minimum Gasteiger partial charge on any atom is -0.497 e. The van der Waals surface area contributed by atoms with Crippen molar-refractivity contribution in [2.45, 2.75) is 64.2 Å². The van der Waals surface area contributed by atoms with Gasteiger partial charge in [0, 0.05) is 17.2 Å². The van der Waals surface area contributed by atoms with Crippen molar-refractivity contribution in [3.63, 3.8) is 0 Å². The Kier molecular flexibility index (Phi) is 7.09. The summed E-state index contributed by atoms with van der Waals surface area (Å²) in [7, 11) is 1.49. The van der Waals surface area contributed by atoms with Crippen molar-refractivity contribution in [3.05, 3.63) is 65.7 Å². The first-order valence-electron chi connectivity index (χ1n) is 11.8. The minimum atomic E-state index is -0.460. The van der Waals surface area contributed by atoms with Crippen LogP contribution in [0, 0.1) is 29.4 Å². The SMILES string of the molecule is C/C=C/CCC1CCC2CC(c3ccc(-c4ccc(OC)cc4F)c(F)c3)CCC2C1. The van der Waals surface area contributed by atoms with Crippen molar-refractivity contribution in [1.82, 2.24) is 0 Å². The number of hydrogen-bond acceptors (Lipinski definition) is 1. The molecule has 2 aromatic carbocycles. The summed E-state index contributed by atoms with van der Waals surface area (Å²) in [5, 5.41) is 0. The summed E-state index contributed by atoms with van der Waals surface area (Å²) in [6.45, 7) is 2.10. The van der Waals surface area contributed by atoms with E-state index in [-0.39, 0.29) is 11.4 Å². The summed E-state index contributed by atoms with van der Waals surface area (Å²) in [5.41, 5.74) is 1.67. The van der Waals surface area contributed by atoms with E-state index in [0.717, 1.165) is 29.7 Å². The lowest BCUT2D eigenvalue weighted by Crippen LogP contribution is -2.30. The molecule has 2 aromatic rings. The van der Waals surface area contributed by atoms with Crippen LogP contribution in [0.25, 0.3) is 11.1 Å². The van der Waals surface area contributed by atoms with Crippen LogP contribution in [-0.4, -0.2) is 7.11 Å². The minimum absolute atomic E-state index is 0.282. The van der Waals surface area contributed by atoms with E-state index in [9.17, 15) is 8.78 Å². The van der Waals surface area contributed by atoms with Gasteiger partial charge in [-0.1, -0.05) is 30.7 Å². The van der Waals surface area contributed by atoms with Gasteiger partial charge in [-0.3, -0.25) is 0 Å². The predicted molar refractivity (Wildman–Crippen MR) is 123 cm³/mol. The van der Waals surface area contributed by atoms with E-state index in [2.05, 4.69) is 19.1 Å². The fourth-order valence-electron chi connectivity index (χ4n) is 5.89. The van der Waals surface area contributed by atoms with Crippen LogP contribution >= 0.6 is 0 Å². The Labute approximate surface area is 185 Å². The standard InChI is InChI=1S/C28H34F2O/c1-3-4-5-6-19-7-8-21-16-22(10-9-20(21)15-19)23-11-13-25(27(29)17-23)26-14-12-24(31-2)18-28(26)30/h3-4,11-14,17-22H,5-10,15-16H2,1-2H3/b4-3+. The van der Waals surface area contributed by atoms with Crippen LogP contribution < -0.4 is 4.74 Å². The number of benzene rings is 2. The van der Waals surface area contributed by atoms with Crippen LogP contribution in [0.15, 0.2) is 48.6 Å². The van der Waals surface area contributed by atoms with Gasteiger partial charge in [0.25, 0.3) is 0 Å². The molecule has 4 unspecified atom stereocenters. The number of methoxy groups -OCH3 is 1. The van der Waals surface area contributed by atoms with Crippen molar-refractivity contribution in [1.29, 1.82) is 0 Å². The summed E-state index contributed by atoms with van der Waals surface area (Å²) < 4.78 is 34.5. The fraction of sp³-hybridized carbons (Fsp3) is 0.500. The quantitative estimate of drug-likeness (QED) is 0.424. The highest BCUT2D eigenvalue weighted by Crippen LogP contribution is 2.48. The molecule has 1 nitrogen and oxygen atoms in total. The number of ether oxygens (including phenoxy) is 1. The molecule has 31 heavy (non-hydrogen) atoms. The third kappa shape index (κ3) is 5.02. The van der Waals surface area contributed by atoms with Gasteiger partial charge in [0.15, 0.2) is 0 Å². The molecule has 4 atom stereocenters. The third-order valence-electron chi connectivity index (χ3n) is 7.63. The molecule has 3 heteroatoms. The first kappa shape index (κ1) is 22.0. The van der Waals surface area contributed by atoms with E-state index < -0.39 is 5.82 Å². The lowest BCUT2D eigenvalue weighted by molar-refractivity contribution is 0.115. The van der Waals surface area contributed by atoms with Crippen LogP contribution in [0.4, 0.5) is 8.78 Å². The highest BCUT2D eigenvalue weighted by molar-refractivity contribution is 5.66. The Balaban J connectivity index is 1.42. The van der Waals surface area contributed by atoms with Gasteiger partial charge in [-0.15, -0.1) is 0 Å². The maximum atomic E-state index is 15.0. The molecule has 0 aliphatic heterocycles. The van der Waals surface area contributed by atoms with Crippen molar-refractivity contribution >= 4 is 0 Å². The van der Waals surface area contributed by atoms with Crippen molar-refractivity contribution in [2.75, 3.05) is 7.11 Å². The average Bonchev–Trinajstić information content (AvgIpc) is 2.79. The second-order valence-corrected chi connectivity index (χ2v) is 9.44. The van der Waals surface area contributed by atoms with Gasteiger partial charge in [-0.05, 0) is 99.3 Å². The average molecular weight is 425 g/mol. The number of fused-ring (bicyclic) bond motifs is 1. The van der Waals surface area contributed by atoms with Gasteiger partial charge < -0.3 is 4.74 Å². The molecule has 0 heterocycles. The van der Waals surface area contributed by atoms with E-state index in [4.69, 9.17) is 4.74 Å². The number of allylic oxidation sites excluding steroid dienone is 2. The molecular weight excluding hydrogens is 390 g/mol. The summed E-state index contributed by atoms with van der Waals surface area (Å²) in [6.07, 6.45) is 14.6. The molecule has 2 fully saturated rings. The van der Waals surface area contributed by atoms with Gasteiger partial charge in [-0.2, -0.15) is 0 Å². The zero-order valence-electron chi connectivity index (χ0n) is 18.7. The normalized spacial score (nSPS) is 26.1. The first-order chi connectivity index (χ1) is 15.1. The molecule has 166 valence electrons. The van der Waals surface area contributed by atoms with E-state index in [1.54, 1.807) is 24.3 Å². The van der Waals surface area contributed by atoms with Crippen molar-refractivity contribution in [2.24, 2.45) is 17.8 Å². The van der Waals surface area contributed by atoms with Gasteiger partial charge in [0.05, 0.1) is 7.11 Å². The summed E-state index contributed by atoms with van der Waals surface area (Å²) in [5.74, 6) is 2.56. The molecule has 0 spiro atoms. The molecule has 0 saturated heterocycles. The molecule has 4 rings (SSSR count). The number of rotatable bonds is 6. The summed E-state index contributed by atoms with van der Waals surface area (Å²) in [6, 6.07) is 9.97. The van der Waals surface area contributed by atoms with Gasteiger partial charge in [-0.25, -0.2) is 8.78 Å². The Hall–Kier alpha value is -2.16. The van der Waals surface area contributed by atoms with Gasteiger partial charge in [0.2, 0.25) is 0 Å².